The summed E-state index contributed by atoms with van der Waals surface area (Å²) in [7, 11) is 0. The average Bonchev–Trinajstić information content (AvgIpc) is 3.72. The van der Waals surface area contributed by atoms with E-state index in [9.17, 15) is 0 Å². The molecule has 1 unspecified atom stereocenters. The first kappa shape index (κ1) is 31.4. The molecule has 0 saturated heterocycles. The first-order valence-electron chi connectivity index (χ1n) is 19.0. The van der Waals surface area contributed by atoms with E-state index in [4.69, 9.17) is 0 Å². The normalized spacial score (nSPS) is 14.6. The third-order valence-corrected chi connectivity index (χ3v) is 11.6. The Balaban J connectivity index is 1.24. The molecular formula is C53H36N2. The monoisotopic (exact) mass is 700 g/mol. The average molecular weight is 701 g/mol. The van der Waals surface area contributed by atoms with Crippen LogP contribution in [0.25, 0.3) is 33.0 Å². The van der Waals surface area contributed by atoms with Crippen molar-refractivity contribution in [3.8, 4) is 22.3 Å². The zero-order valence-corrected chi connectivity index (χ0v) is 30.2. The highest BCUT2D eigenvalue weighted by atomic mass is 15.1. The Morgan fingerprint density at radius 2 is 0.691 bits per heavy atom. The van der Waals surface area contributed by atoms with Crippen molar-refractivity contribution in [3.63, 3.8) is 0 Å². The second-order valence-electron chi connectivity index (χ2n) is 14.4. The van der Waals surface area contributed by atoms with Gasteiger partial charge in [0.2, 0.25) is 0 Å². The first-order chi connectivity index (χ1) is 27.3. The molecule has 9 aromatic rings. The predicted octanol–water partition coefficient (Wildman–Crippen LogP) is 14.1. The lowest BCUT2D eigenvalue weighted by molar-refractivity contribution is 0.801. The van der Waals surface area contributed by atoms with E-state index in [1.165, 1.54) is 55.3 Å². The van der Waals surface area contributed by atoms with Gasteiger partial charge in [-0.25, -0.2) is 0 Å². The second-order valence-corrected chi connectivity index (χ2v) is 14.4. The van der Waals surface area contributed by atoms with Gasteiger partial charge in [-0.1, -0.05) is 152 Å². The fraction of sp³-hybridized carbons (Fsp3) is 0.0189. The Hall–Kier alpha value is -7.16. The van der Waals surface area contributed by atoms with Crippen molar-refractivity contribution < 1.29 is 0 Å². The van der Waals surface area contributed by atoms with Crippen molar-refractivity contribution in [1.82, 2.24) is 0 Å². The first-order valence-corrected chi connectivity index (χ1v) is 19.0. The maximum Gasteiger partial charge on any atom is 0.0732 e. The molecule has 55 heavy (non-hydrogen) atoms. The van der Waals surface area contributed by atoms with E-state index < -0.39 is 5.41 Å². The van der Waals surface area contributed by atoms with Gasteiger partial charge in [0.05, 0.1) is 11.1 Å². The van der Waals surface area contributed by atoms with Gasteiger partial charge in [-0.15, -0.1) is 0 Å². The molecular weight excluding hydrogens is 665 g/mol. The summed E-state index contributed by atoms with van der Waals surface area (Å²) in [5.74, 6) is 0. The number of hydrogen-bond acceptors (Lipinski definition) is 2. The van der Waals surface area contributed by atoms with E-state index in [0.717, 1.165) is 34.1 Å². The lowest BCUT2D eigenvalue weighted by Gasteiger charge is -2.34. The maximum atomic E-state index is 2.48. The Morgan fingerprint density at radius 1 is 0.273 bits per heavy atom. The maximum absolute atomic E-state index is 2.48. The topological polar surface area (TPSA) is 6.48 Å². The van der Waals surface area contributed by atoms with Gasteiger partial charge in [-0.3, -0.25) is 0 Å². The zero-order valence-electron chi connectivity index (χ0n) is 30.2. The third kappa shape index (κ3) is 4.62. The van der Waals surface area contributed by atoms with Crippen molar-refractivity contribution in [3.05, 3.63) is 241 Å². The molecule has 0 saturated carbocycles. The van der Waals surface area contributed by atoms with Gasteiger partial charge in [-0.05, 0) is 117 Å². The van der Waals surface area contributed by atoms with Crippen molar-refractivity contribution in [2.24, 2.45) is 0 Å². The smallest absolute Gasteiger partial charge is 0.0732 e. The van der Waals surface area contributed by atoms with Crippen LogP contribution < -0.4 is 9.80 Å². The van der Waals surface area contributed by atoms with Crippen LogP contribution in [-0.4, -0.2) is 0 Å². The molecule has 0 fully saturated rings. The minimum absolute atomic E-state index is 0.532. The van der Waals surface area contributed by atoms with Gasteiger partial charge < -0.3 is 9.80 Å². The lowest BCUT2D eigenvalue weighted by atomic mass is 9.69. The minimum Gasteiger partial charge on any atom is -0.310 e. The SMILES string of the molecule is c1ccc(N(c2ccccc2)c2ccc3c(c2)C2(c4ccccc4-3)c3ccccc3-c3cc(N(c4ccccc4)c4ccccc4)c4ccccc4c32)cc1. The van der Waals surface area contributed by atoms with Crippen LogP contribution in [-0.2, 0) is 5.41 Å². The van der Waals surface area contributed by atoms with Gasteiger partial charge >= 0.3 is 0 Å². The third-order valence-electron chi connectivity index (χ3n) is 11.6. The molecule has 2 nitrogen and oxygen atoms in total. The van der Waals surface area contributed by atoms with Gasteiger partial charge in [0.1, 0.15) is 0 Å². The Bertz CT molecular complexity index is 2790. The van der Waals surface area contributed by atoms with Crippen molar-refractivity contribution in [2.75, 3.05) is 9.80 Å². The lowest BCUT2D eigenvalue weighted by Crippen LogP contribution is -2.26. The molecule has 0 bridgehead atoms. The fourth-order valence-electron chi connectivity index (χ4n) is 9.49. The number of rotatable bonds is 6. The van der Waals surface area contributed by atoms with E-state index in [2.05, 4.69) is 228 Å². The van der Waals surface area contributed by atoms with Crippen molar-refractivity contribution in [2.45, 2.75) is 5.41 Å². The number of para-hydroxylation sites is 4. The van der Waals surface area contributed by atoms with E-state index in [-0.39, 0.29) is 0 Å². The van der Waals surface area contributed by atoms with Crippen molar-refractivity contribution in [1.29, 1.82) is 0 Å². The summed E-state index contributed by atoms with van der Waals surface area (Å²) in [4.78, 5) is 4.81. The molecule has 2 heteroatoms. The Morgan fingerprint density at radius 3 is 1.24 bits per heavy atom. The number of fused-ring (bicyclic) bond motifs is 12. The van der Waals surface area contributed by atoms with Gasteiger partial charge in [0.25, 0.3) is 0 Å². The molecule has 2 aliphatic carbocycles. The molecule has 0 radical (unpaired) electrons. The number of anilines is 6. The highest BCUT2D eigenvalue weighted by Gasteiger charge is 2.53. The Labute approximate surface area is 321 Å². The number of benzene rings is 9. The molecule has 2 aliphatic rings. The van der Waals surface area contributed by atoms with Crippen LogP contribution in [0.5, 0.6) is 0 Å². The summed E-state index contributed by atoms with van der Waals surface area (Å²) in [6, 6.07) is 79.9. The molecule has 0 heterocycles. The number of hydrogen-bond donors (Lipinski definition) is 0. The standard InChI is InChI=1S/C53H36N2/c1-5-19-37(20-6-1)54(38-21-7-2-8-22-38)41-33-34-44-42-27-15-17-31-48(42)53(50(44)35-41)49-32-18-16-28-43(49)47-36-51(45-29-13-14-30-46(45)52(47)53)55(39-23-9-3-10-24-39)40-25-11-4-12-26-40/h1-36H. The molecule has 258 valence electrons. The van der Waals surface area contributed by atoms with E-state index in [1.54, 1.807) is 0 Å². The molecule has 0 amide bonds. The van der Waals surface area contributed by atoms with E-state index in [1.807, 2.05) is 0 Å². The largest absolute Gasteiger partial charge is 0.310 e. The molecule has 0 aromatic heterocycles. The zero-order chi connectivity index (χ0) is 36.3. The highest BCUT2D eigenvalue weighted by Crippen LogP contribution is 2.65. The van der Waals surface area contributed by atoms with Crippen LogP contribution >= 0.6 is 0 Å². The van der Waals surface area contributed by atoms with Gasteiger partial charge in [-0.2, -0.15) is 0 Å². The molecule has 0 aliphatic heterocycles. The summed E-state index contributed by atoms with van der Waals surface area (Å²) in [5.41, 5.74) is 16.7. The second kappa shape index (κ2) is 12.5. The van der Waals surface area contributed by atoms with Crippen molar-refractivity contribution >= 4 is 44.9 Å². The van der Waals surface area contributed by atoms with Crippen LogP contribution in [0, 0.1) is 0 Å². The molecule has 0 N–H and O–H groups in total. The summed E-state index contributed by atoms with van der Waals surface area (Å²) in [6.07, 6.45) is 0. The molecule has 1 spiro atoms. The fourth-order valence-corrected chi connectivity index (χ4v) is 9.49. The highest BCUT2D eigenvalue weighted by molar-refractivity contribution is 6.10. The number of nitrogens with zero attached hydrogens (tertiary/aromatic N) is 2. The summed E-state index contributed by atoms with van der Waals surface area (Å²) >= 11 is 0. The Kier molecular flexibility index (Phi) is 7.11. The molecule has 1 atom stereocenters. The van der Waals surface area contributed by atoms with Gasteiger partial charge in [0, 0.05) is 33.8 Å². The van der Waals surface area contributed by atoms with Crippen LogP contribution in [0.4, 0.5) is 34.1 Å². The minimum atomic E-state index is -0.532. The summed E-state index contributed by atoms with van der Waals surface area (Å²) < 4.78 is 0. The van der Waals surface area contributed by atoms with Crippen LogP contribution in [0.3, 0.4) is 0 Å². The van der Waals surface area contributed by atoms with E-state index >= 15 is 0 Å². The van der Waals surface area contributed by atoms with Crippen LogP contribution in [0.15, 0.2) is 218 Å². The molecule has 9 aromatic carbocycles. The van der Waals surface area contributed by atoms with Gasteiger partial charge in [0.15, 0.2) is 0 Å². The summed E-state index contributed by atoms with van der Waals surface area (Å²) in [6.45, 7) is 0. The molecule has 11 rings (SSSR count). The van der Waals surface area contributed by atoms with E-state index in [0.29, 0.717) is 0 Å². The quantitative estimate of drug-likeness (QED) is 0.170. The summed E-state index contributed by atoms with van der Waals surface area (Å²) in [5, 5.41) is 2.48. The van der Waals surface area contributed by atoms with Crippen LogP contribution in [0.1, 0.15) is 22.3 Å². The van der Waals surface area contributed by atoms with Crippen LogP contribution in [0.2, 0.25) is 0 Å². The predicted molar refractivity (Wildman–Crippen MR) is 230 cm³/mol.